The molecule has 0 aromatic rings. The highest BCUT2D eigenvalue weighted by molar-refractivity contribution is 7.85. The number of nitrogens with two attached hydrogens (primary N) is 1. The van der Waals surface area contributed by atoms with Gasteiger partial charge in [0, 0.05) is 6.42 Å². The van der Waals surface area contributed by atoms with Crippen LogP contribution in [-0.2, 0) is 14.9 Å². The Bertz CT molecular complexity index is 368. The SMILES string of the molecule is NC(=O)CCCCCCCCCCCCCCCS(=O)(=O)O. The normalized spacial score (nSPS) is 11.7. The molecule has 0 aromatic heterocycles. The van der Waals surface area contributed by atoms with E-state index in [1.54, 1.807) is 0 Å². The summed E-state index contributed by atoms with van der Waals surface area (Å²) >= 11 is 0. The molecule has 0 saturated carbocycles. The molecule has 0 saturated heterocycles. The predicted molar refractivity (Wildman–Crippen MR) is 90.2 cm³/mol. The van der Waals surface area contributed by atoms with Crippen LogP contribution in [0.15, 0.2) is 0 Å². The Hall–Kier alpha value is -0.620. The number of unbranched alkanes of at least 4 members (excludes halogenated alkanes) is 12. The summed E-state index contributed by atoms with van der Waals surface area (Å²) in [5.41, 5.74) is 5.08. The molecule has 6 heteroatoms. The number of rotatable bonds is 16. The minimum absolute atomic E-state index is 0.105. The maximum Gasteiger partial charge on any atom is 0.264 e. The molecule has 22 heavy (non-hydrogen) atoms. The molecule has 0 aliphatic rings. The molecule has 0 aromatic carbocycles. The van der Waals surface area contributed by atoms with E-state index in [1.807, 2.05) is 0 Å². The van der Waals surface area contributed by atoms with Crippen LogP contribution < -0.4 is 5.73 Å². The fraction of sp³-hybridized carbons (Fsp3) is 0.938. The molecule has 0 unspecified atom stereocenters. The fourth-order valence-corrected chi connectivity index (χ4v) is 3.10. The number of carbonyl (C=O) groups excluding carboxylic acids is 1. The van der Waals surface area contributed by atoms with Crippen molar-refractivity contribution >= 4 is 16.0 Å². The summed E-state index contributed by atoms with van der Waals surface area (Å²) < 4.78 is 29.6. The summed E-state index contributed by atoms with van der Waals surface area (Å²) in [6, 6.07) is 0. The molecule has 0 heterocycles. The molecule has 0 bridgehead atoms. The average molecular weight is 336 g/mol. The van der Waals surface area contributed by atoms with Crippen molar-refractivity contribution in [2.45, 2.75) is 89.9 Å². The highest BCUT2D eigenvalue weighted by Gasteiger charge is 2.02. The van der Waals surface area contributed by atoms with Gasteiger partial charge in [0.05, 0.1) is 5.75 Å². The maximum absolute atomic E-state index is 10.5. The lowest BCUT2D eigenvalue weighted by molar-refractivity contribution is -0.118. The second-order valence-electron chi connectivity index (χ2n) is 6.10. The third-order valence-corrected chi connectivity index (χ3v) is 4.63. The van der Waals surface area contributed by atoms with Gasteiger partial charge in [-0.2, -0.15) is 8.42 Å². The minimum atomic E-state index is -3.77. The van der Waals surface area contributed by atoms with Gasteiger partial charge in [0.2, 0.25) is 5.91 Å². The van der Waals surface area contributed by atoms with Crippen LogP contribution in [0.5, 0.6) is 0 Å². The highest BCUT2D eigenvalue weighted by Crippen LogP contribution is 2.13. The lowest BCUT2D eigenvalue weighted by Crippen LogP contribution is -2.09. The lowest BCUT2D eigenvalue weighted by Gasteiger charge is -2.03. The Morgan fingerprint density at radius 1 is 0.682 bits per heavy atom. The number of hydrogen-bond donors (Lipinski definition) is 2. The molecular formula is C16H33NO4S. The third kappa shape index (κ3) is 19.4. The van der Waals surface area contributed by atoms with Crippen LogP contribution in [0, 0.1) is 0 Å². The topological polar surface area (TPSA) is 97.5 Å². The van der Waals surface area contributed by atoms with Crippen molar-refractivity contribution in [1.82, 2.24) is 0 Å². The van der Waals surface area contributed by atoms with E-state index in [9.17, 15) is 13.2 Å². The van der Waals surface area contributed by atoms with Gasteiger partial charge >= 0.3 is 0 Å². The zero-order valence-corrected chi connectivity index (χ0v) is 14.6. The number of amides is 1. The molecule has 0 rings (SSSR count). The van der Waals surface area contributed by atoms with Crippen molar-refractivity contribution in [1.29, 1.82) is 0 Å². The van der Waals surface area contributed by atoms with Crippen molar-refractivity contribution in [3.63, 3.8) is 0 Å². The molecular weight excluding hydrogens is 302 g/mol. The average Bonchev–Trinajstić information content (AvgIpc) is 2.41. The zero-order chi connectivity index (χ0) is 16.7. The van der Waals surface area contributed by atoms with Crippen molar-refractivity contribution in [2.24, 2.45) is 5.73 Å². The third-order valence-electron chi connectivity index (χ3n) is 3.83. The van der Waals surface area contributed by atoms with E-state index >= 15 is 0 Å². The largest absolute Gasteiger partial charge is 0.370 e. The van der Waals surface area contributed by atoms with E-state index in [0.29, 0.717) is 12.8 Å². The first kappa shape index (κ1) is 21.4. The van der Waals surface area contributed by atoms with Gasteiger partial charge < -0.3 is 5.73 Å². The maximum atomic E-state index is 10.5. The van der Waals surface area contributed by atoms with Gasteiger partial charge in [0.25, 0.3) is 10.1 Å². The van der Waals surface area contributed by atoms with Gasteiger partial charge in [-0.25, -0.2) is 0 Å². The Morgan fingerprint density at radius 3 is 1.32 bits per heavy atom. The summed E-state index contributed by atoms with van der Waals surface area (Å²) in [7, 11) is -3.77. The molecule has 0 spiro atoms. The molecule has 0 radical (unpaired) electrons. The van der Waals surface area contributed by atoms with Crippen LogP contribution in [0.3, 0.4) is 0 Å². The van der Waals surface area contributed by atoms with Crippen molar-refractivity contribution in [3.8, 4) is 0 Å². The van der Waals surface area contributed by atoms with Gasteiger partial charge in [0.15, 0.2) is 0 Å². The van der Waals surface area contributed by atoms with Gasteiger partial charge in [-0.3, -0.25) is 9.35 Å². The minimum Gasteiger partial charge on any atom is -0.370 e. The molecule has 0 aliphatic carbocycles. The summed E-state index contributed by atoms with van der Waals surface area (Å²) in [6.07, 6.45) is 14.9. The van der Waals surface area contributed by atoms with Crippen LogP contribution in [0.25, 0.3) is 0 Å². The second-order valence-corrected chi connectivity index (χ2v) is 7.67. The molecule has 5 nitrogen and oxygen atoms in total. The number of carbonyl (C=O) groups is 1. The van der Waals surface area contributed by atoms with Crippen LogP contribution in [0.4, 0.5) is 0 Å². The van der Waals surface area contributed by atoms with Crippen LogP contribution >= 0.6 is 0 Å². The quantitative estimate of drug-likeness (QED) is 0.331. The Balaban J connectivity index is 3.07. The standard InChI is InChI=1S/C16H33NO4S/c17-16(18)14-12-10-8-6-4-2-1-3-5-7-9-11-13-15-22(19,20)21/h1-15H2,(H2,17,18)(H,19,20,21). The van der Waals surface area contributed by atoms with E-state index < -0.39 is 10.1 Å². The number of primary amides is 1. The van der Waals surface area contributed by atoms with Crippen LogP contribution in [0.2, 0.25) is 0 Å². The predicted octanol–water partition coefficient (Wildman–Crippen LogP) is 3.82. The highest BCUT2D eigenvalue weighted by atomic mass is 32.2. The first-order valence-electron chi connectivity index (χ1n) is 8.65. The molecule has 0 atom stereocenters. The Kier molecular flexibility index (Phi) is 13.6. The number of hydrogen-bond acceptors (Lipinski definition) is 3. The Morgan fingerprint density at radius 2 is 1.00 bits per heavy atom. The molecule has 0 fully saturated rings. The van der Waals surface area contributed by atoms with Crippen LogP contribution in [0.1, 0.15) is 89.9 Å². The molecule has 1 amide bonds. The van der Waals surface area contributed by atoms with E-state index in [2.05, 4.69) is 0 Å². The summed E-state index contributed by atoms with van der Waals surface area (Å²) in [4.78, 5) is 10.5. The lowest BCUT2D eigenvalue weighted by atomic mass is 10.0. The second kappa shape index (κ2) is 14.0. The summed E-state index contributed by atoms with van der Waals surface area (Å²) in [5, 5.41) is 0. The van der Waals surface area contributed by atoms with E-state index in [0.717, 1.165) is 32.1 Å². The first-order valence-corrected chi connectivity index (χ1v) is 10.3. The van der Waals surface area contributed by atoms with Gasteiger partial charge in [-0.15, -0.1) is 0 Å². The van der Waals surface area contributed by atoms with Gasteiger partial charge in [-0.05, 0) is 12.8 Å². The van der Waals surface area contributed by atoms with Crippen molar-refractivity contribution in [3.05, 3.63) is 0 Å². The Labute approximate surface area is 135 Å². The fourth-order valence-electron chi connectivity index (χ4n) is 2.53. The monoisotopic (exact) mass is 335 g/mol. The molecule has 3 N–H and O–H groups in total. The van der Waals surface area contributed by atoms with E-state index in [1.165, 1.54) is 44.9 Å². The zero-order valence-electron chi connectivity index (χ0n) is 13.8. The summed E-state index contributed by atoms with van der Waals surface area (Å²) in [5.74, 6) is -0.301. The molecule has 132 valence electrons. The first-order chi connectivity index (χ1) is 10.4. The smallest absolute Gasteiger partial charge is 0.264 e. The van der Waals surface area contributed by atoms with Crippen molar-refractivity contribution < 1.29 is 17.8 Å². The van der Waals surface area contributed by atoms with E-state index in [-0.39, 0.29) is 11.7 Å². The summed E-state index contributed by atoms with van der Waals surface area (Å²) in [6.45, 7) is 0. The van der Waals surface area contributed by atoms with Crippen molar-refractivity contribution in [2.75, 3.05) is 5.75 Å². The van der Waals surface area contributed by atoms with Gasteiger partial charge in [-0.1, -0.05) is 70.6 Å². The molecule has 0 aliphatic heterocycles. The van der Waals surface area contributed by atoms with Gasteiger partial charge in [0.1, 0.15) is 0 Å². The van der Waals surface area contributed by atoms with E-state index in [4.69, 9.17) is 10.3 Å². The van der Waals surface area contributed by atoms with Crippen LogP contribution in [-0.4, -0.2) is 24.6 Å².